The lowest BCUT2D eigenvalue weighted by Gasteiger charge is -2.09. The summed E-state index contributed by atoms with van der Waals surface area (Å²) in [6, 6.07) is 11.5. The van der Waals surface area contributed by atoms with Crippen molar-refractivity contribution in [2.45, 2.75) is 31.7 Å². The summed E-state index contributed by atoms with van der Waals surface area (Å²) in [6.45, 7) is 0.437. The molecular weight excluding hydrogens is 470 g/mol. The number of aromatic nitrogens is 2. The quantitative estimate of drug-likeness (QED) is 0.141. The molecule has 0 spiro atoms. The van der Waals surface area contributed by atoms with Gasteiger partial charge in [-0.05, 0) is 47.6 Å². The molecule has 12 heteroatoms. The van der Waals surface area contributed by atoms with Crippen molar-refractivity contribution >= 4 is 51.8 Å². The lowest BCUT2D eigenvalue weighted by molar-refractivity contribution is -0.119. The maximum absolute atomic E-state index is 12.2. The van der Waals surface area contributed by atoms with Crippen LogP contribution in [0.1, 0.15) is 34.5 Å². The van der Waals surface area contributed by atoms with E-state index in [9.17, 15) is 9.59 Å². The molecule has 0 aliphatic rings. The first kappa shape index (κ1) is 25.7. The highest BCUT2D eigenvalue weighted by Crippen LogP contribution is 2.20. The van der Waals surface area contributed by atoms with Gasteiger partial charge in [0.2, 0.25) is 5.91 Å². The minimum absolute atomic E-state index is 0.0540. The highest BCUT2D eigenvalue weighted by molar-refractivity contribution is 6.31. The molecule has 3 rings (SSSR count). The number of nitrogens with one attached hydrogen (secondary N) is 1. The Balaban J connectivity index is 1.48. The fourth-order valence-electron chi connectivity index (χ4n) is 3.45. The Kier molecular flexibility index (Phi) is 8.39. The van der Waals surface area contributed by atoms with Crippen molar-refractivity contribution in [3.05, 3.63) is 58.4 Å². The summed E-state index contributed by atoms with van der Waals surface area (Å²) >= 11 is 5.79. The molecule has 0 radical (unpaired) electrons. The Morgan fingerprint density at radius 1 is 0.971 bits per heavy atom. The molecule has 184 valence electrons. The second-order valence-electron chi connectivity index (χ2n) is 8.04. The summed E-state index contributed by atoms with van der Waals surface area (Å²) < 4.78 is 0. The van der Waals surface area contributed by atoms with E-state index in [4.69, 9.17) is 40.3 Å². The second-order valence-corrected chi connectivity index (χ2v) is 8.40. The second kappa shape index (κ2) is 11.4. The zero-order chi connectivity index (χ0) is 25.5. The smallest absolute Gasteiger partial charge is 0.280 e. The number of hydrogen-bond acceptors (Lipinski definition) is 8. The van der Waals surface area contributed by atoms with Crippen LogP contribution in [0.4, 0.5) is 11.6 Å². The number of guanidine groups is 1. The molecule has 0 aliphatic carbocycles. The molecule has 35 heavy (non-hydrogen) atoms. The molecule has 2 amide bonds. The lowest BCUT2D eigenvalue weighted by atomic mass is 9.99. The summed E-state index contributed by atoms with van der Waals surface area (Å²) in [5.41, 5.74) is 29.9. The van der Waals surface area contributed by atoms with E-state index < -0.39 is 17.9 Å². The molecule has 11 nitrogen and oxygen atoms in total. The maximum atomic E-state index is 12.2. The van der Waals surface area contributed by atoms with E-state index >= 15 is 0 Å². The van der Waals surface area contributed by atoms with Crippen molar-refractivity contribution in [1.29, 1.82) is 0 Å². The van der Waals surface area contributed by atoms with Gasteiger partial charge in [0.1, 0.15) is 0 Å². The number of primary amides is 1. The van der Waals surface area contributed by atoms with Crippen LogP contribution in [0.2, 0.25) is 5.15 Å². The SMILES string of the molecule is NC(=O)[C@@H](N)Cc1ccc2cc(CCCCN=C(N)NC(=O)c3nc(Cl)c(N)nc3N)ccc2c1. The molecule has 0 saturated heterocycles. The van der Waals surface area contributed by atoms with Crippen molar-refractivity contribution in [2.75, 3.05) is 18.0 Å². The summed E-state index contributed by atoms with van der Waals surface area (Å²) in [7, 11) is 0. The number of halogens is 1. The topological polar surface area (TPSA) is 214 Å². The van der Waals surface area contributed by atoms with Gasteiger partial charge in [0.15, 0.2) is 28.4 Å². The fourth-order valence-corrected chi connectivity index (χ4v) is 3.57. The van der Waals surface area contributed by atoms with E-state index in [1.165, 1.54) is 5.56 Å². The number of fused-ring (bicyclic) bond motifs is 1. The van der Waals surface area contributed by atoms with Gasteiger partial charge >= 0.3 is 0 Å². The highest BCUT2D eigenvalue weighted by atomic mass is 35.5. The molecule has 0 bridgehead atoms. The number of rotatable bonds is 9. The van der Waals surface area contributed by atoms with Crippen molar-refractivity contribution < 1.29 is 9.59 Å². The number of benzene rings is 2. The number of hydrogen-bond donors (Lipinski definition) is 6. The molecule has 0 unspecified atom stereocenters. The first-order valence-corrected chi connectivity index (χ1v) is 11.3. The van der Waals surface area contributed by atoms with Crippen LogP contribution in [-0.2, 0) is 17.6 Å². The zero-order valence-corrected chi connectivity index (χ0v) is 19.8. The number of nitrogen functional groups attached to an aromatic ring is 2. The van der Waals surface area contributed by atoms with E-state index in [1.807, 2.05) is 24.3 Å². The third-order valence-electron chi connectivity index (χ3n) is 5.31. The molecule has 1 aromatic heterocycles. The average Bonchev–Trinajstić information content (AvgIpc) is 2.81. The Bertz CT molecular complexity index is 1280. The predicted octanol–water partition coefficient (Wildman–Crippen LogP) is 0.870. The number of amides is 2. The molecule has 2 aromatic carbocycles. The molecule has 1 atom stereocenters. The van der Waals surface area contributed by atoms with Crippen molar-refractivity contribution in [2.24, 2.45) is 22.2 Å². The largest absolute Gasteiger partial charge is 0.382 e. The van der Waals surface area contributed by atoms with Gasteiger partial charge in [-0.1, -0.05) is 48.0 Å². The van der Waals surface area contributed by atoms with Crippen LogP contribution in [0.3, 0.4) is 0 Å². The molecular formula is C23H28ClN9O2. The van der Waals surface area contributed by atoms with Gasteiger partial charge in [0.25, 0.3) is 5.91 Å². The summed E-state index contributed by atoms with van der Waals surface area (Å²) in [5.74, 6) is -1.46. The van der Waals surface area contributed by atoms with Crippen LogP contribution in [0, 0.1) is 0 Å². The van der Waals surface area contributed by atoms with Crippen LogP contribution in [0.25, 0.3) is 10.8 Å². The zero-order valence-electron chi connectivity index (χ0n) is 19.0. The number of carbonyl (C=O) groups excluding carboxylic acids is 2. The number of carbonyl (C=O) groups is 2. The Labute approximate surface area is 207 Å². The van der Waals surface area contributed by atoms with E-state index in [-0.39, 0.29) is 28.4 Å². The van der Waals surface area contributed by atoms with E-state index in [0.29, 0.717) is 13.0 Å². The van der Waals surface area contributed by atoms with E-state index in [1.54, 1.807) is 0 Å². The standard InChI is InChI=1S/C23H28ClN9O2/c24-18-20(27)32-19(26)17(31-18)22(35)33-23(29)30-8-2-1-3-12-4-6-15-10-13(5-7-14(15)9-12)11-16(25)21(28)34/h4-7,9-10,16H,1-3,8,11,25H2,(H2,28,34)(H4,26,27,32)(H3,29,30,33,35)/t16-/m0/s1. The van der Waals surface area contributed by atoms with Crippen molar-refractivity contribution in [1.82, 2.24) is 15.3 Å². The number of unbranched alkanes of at least 4 members (excludes halogenated alkanes) is 1. The lowest BCUT2D eigenvalue weighted by Crippen LogP contribution is -2.38. The molecule has 11 N–H and O–H groups in total. The molecule has 0 aliphatic heterocycles. The van der Waals surface area contributed by atoms with Gasteiger partial charge in [-0.2, -0.15) is 0 Å². The Hall–Kier alpha value is -3.96. The summed E-state index contributed by atoms with van der Waals surface area (Å²) in [5, 5.41) is 4.46. The fraction of sp³-hybridized carbons (Fsp3) is 0.261. The summed E-state index contributed by atoms with van der Waals surface area (Å²) in [4.78, 5) is 35.2. The van der Waals surface area contributed by atoms with Crippen LogP contribution in [0.15, 0.2) is 41.4 Å². The van der Waals surface area contributed by atoms with Crippen LogP contribution >= 0.6 is 11.6 Å². The first-order valence-electron chi connectivity index (χ1n) is 10.9. The minimum atomic E-state index is -0.695. The van der Waals surface area contributed by atoms with Gasteiger partial charge in [-0.15, -0.1) is 0 Å². The van der Waals surface area contributed by atoms with Gasteiger partial charge in [-0.3, -0.25) is 19.9 Å². The summed E-state index contributed by atoms with van der Waals surface area (Å²) in [6.07, 6.45) is 2.93. The third-order valence-corrected chi connectivity index (χ3v) is 5.59. The van der Waals surface area contributed by atoms with Gasteiger partial charge in [-0.25, -0.2) is 9.97 Å². The molecule has 0 saturated carbocycles. The van der Waals surface area contributed by atoms with Gasteiger partial charge in [0, 0.05) is 6.54 Å². The number of aryl methyl sites for hydroxylation is 1. The third kappa shape index (κ3) is 7.01. The molecule has 1 heterocycles. The van der Waals surface area contributed by atoms with Crippen molar-refractivity contribution in [3.8, 4) is 0 Å². The average molecular weight is 498 g/mol. The van der Waals surface area contributed by atoms with Gasteiger partial charge < -0.3 is 28.7 Å². The van der Waals surface area contributed by atoms with E-state index in [0.717, 1.165) is 35.6 Å². The number of nitrogens with zero attached hydrogens (tertiary/aromatic N) is 3. The van der Waals surface area contributed by atoms with E-state index in [2.05, 4.69) is 32.4 Å². The number of anilines is 2. The number of aliphatic imine (C=N–C) groups is 1. The normalized spacial score (nSPS) is 12.5. The minimum Gasteiger partial charge on any atom is -0.382 e. The Morgan fingerprint density at radius 3 is 2.31 bits per heavy atom. The highest BCUT2D eigenvalue weighted by Gasteiger charge is 2.16. The van der Waals surface area contributed by atoms with Crippen LogP contribution in [0.5, 0.6) is 0 Å². The Morgan fingerprint density at radius 2 is 1.63 bits per heavy atom. The predicted molar refractivity (Wildman–Crippen MR) is 138 cm³/mol. The first-order chi connectivity index (χ1) is 16.6. The van der Waals surface area contributed by atoms with Crippen LogP contribution in [-0.4, -0.2) is 40.3 Å². The molecule has 0 fully saturated rings. The maximum Gasteiger partial charge on any atom is 0.280 e. The molecule has 3 aromatic rings. The van der Waals surface area contributed by atoms with Crippen LogP contribution < -0.4 is 34.0 Å². The van der Waals surface area contributed by atoms with Crippen molar-refractivity contribution in [3.63, 3.8) is 0 Å². The monoisotopic (exact) mass is 497 g/mol. The number of nitrogens with two attached hydrogens (primary N) is 5. The van der Waals surface area contributed by atoms with Gasteiger partial charge in [0.05, 0.1) is 6.04 Å².